The van der Waals surface area contributed by atoms with Crippen molar-refractivity contribution in [1.29, 1.82) is 5.26 Å². The molecule has 0 bridgehead atoms. The van der Waals surface area contributed by atoms with Gasteiger partial charge in [-0.1, -0.05) is 12.8 Å². The van der Waals surface area contributed by atoms with E-state index in [2.05, 4.69) is 11.0 Å². The zero-order valence-electron chi connectivity index (χ0n) is 11.1. The second-order valence-corrected chi connectivity index (χ2v) is 5.44. The molecule has 0 aromatic rings. The minimum atomic E-state index is 0.219. The molecule has 1 saturated heterocycles. The van der Waals surface area contributed by atoms with Crippen LogP contribution in [0.4, 0.5) is 0 Å². The fraction of sp³-hybridized carbons (Fsp3) is 0.857. The number of nitriles is 1. The standard InChI is InChI=1S/C14H23N3O/c15-8-11-17(13-6-2-3-7-13)12-14(18)16-9-4-1-5-10-16/h13H,1-7,9-12H2. The number of likely N-dealkylation sites (tertiary alicyclic amines) is 1. The molecule has 4 heteroatoms. The second-order valence-electron chi connectivity index (χ2n) is 5.44. The smallest absolute Gasteiger partial charge is 0.236 e. The number of nitrogens with zero attached hydrogens (tertiary/aromatic N) is 3. The van der Waals surface area contributed by atoms with Crippen LogP contribution in [0.1, 0.15) is 44.9 Å². The molecule has 0 aromatic carbocycles. The van der Waals surface area contributed by atoms with Gasteiger partial charge < -0.3 is 4.90 Å². The van der Waals surface area contributed by atoms with Gasteiger partial charge in [0.1, 0.15) is 0 Å². The molecular formula is C14H23N3O. The Morgan fingerprint density at radius 3 is 2.44 bits per heavy atom. The summed E-state index contributed by atoms with van der Waals surface area (Å²) in [4.78, 5) is 16.3. The monoisotopic (exact) mass is 249 g/mol. The van der Waals surface area contributed by atoms with Gasteiger partial charge >= 0.3 is 0 Å². The molecule has 100 valence electrons. The van der Waals surface area contributed by atoms with Gasteiger partial charge in [-0.3, -0.25) is 9.69 Å². The summed E-state index contributed by atoms with van der Waals surface area (Å²) in [5.74, 6) is 0.219. The summed E-state index contributed by atoms with van der Waals surface area (Å²) < 4.78 is 0. The van der Waals surface area contributed by atoms with Crippen molar-refractivity contribution >= 4 is 5.91 Å². The second kappa shape index (κ2) is 6.75. The van der Waals surface area contributed by atoms with Gasteiger partial charge in [0.05, 0.1) is 19.2 Å². The highest BCUT2D eigenvalue weighted by atomic mass is 16.2. The van der Waals surface area contributed by atoms with Gasteiger partial charge in [0.2, 0.25) is 5.91 Å². The van der Waals surface area contributed by atoms with E-state index in [4.69, 9.17) is 5.26 Å². The van der Waals surface area contributed by atoms with E-state index in [0.717, 1.165) is 38.8 Å². The van der Waals surface area contributed by atoms with Crippen molar-refractivity contribution in [3.05, 3.63) is 0 Å². The molecule has 18 heavy (non-hydrogen) atoms. The van der Waals surface area contributed by atoms with Crippen LogP contribution >= 0.6 is 0 Å². The van der Waals surface area contributed by atoms with Crippen LogP contribution in [-0.2, 0) is 4.79 Å². The maximum Gasteiger partial charge on any atom is 0.236 e. The molecule has 2 rings (SSSR count). The SMILES string of the molecule is N#CCN(CC(=O)N1CCCCC1)C1CCCC1. The average molecular weight is 249 g/mol. The van der Waals surface area contributed by atoms with E-state index in [0.29, 0.717) is 19.1 Å². The Morgan fingerprint density at radius 1 is 1.17 bits per heavy atom. The van der Waals surface area contributed by atoms with E-state index >= 15 is 0 Å². The Hall–Kier alpha value is -1.08. The first-order valence-corrected chi connectivity index (χ1v) is 7.20. The third kappa shape index (κ3) is 3.46. The number of amides is 1. The number of rotatable bonds is 4. The van der Waals surface area contributed by atoms with Gasteiger partial charge in [0, 0.05) is 19.1 Å². The summed E-state index contributed by atoms with van der Waals surface area (Å²) >= 11 is 0. The molecule has 0 atom stereocenters. The van der Waals surface area contributed by atoms with E-state index in [1.165, 1.54) is 19.3 Å². The summed E-state index contributed by atoms with van der Waals surface area (Å²) in [6.07, 6.45) is 8.29. The van der Waals surface area contributed by atoms with E-state index in [9.17, 15) is 4.79 Å². The minimum absolute atomic E-state index is 0.219. The van der Waals surface area contributed by atoms with E-state index in [1.54, 1.807) is 0 Å². The number of carbonyl (C=O) groups excluding carboxylic acids is 1. The fourth-order valence-electron chi connectivity index (χ4n) is 3.09. The number of hydrogen-bond donors (Lipinski definition) is 0. The van der Waals surface area contributed by atoms with Crippen LogP contribution in [-0.4, -0.2) is 47.9 Å². The van der Waals surface area contributed by atoms with E-state index in [1.807, 2.05) is 4.90 Å². The van der Waals surface area contributed by atoms with Crippen LogP contribution in [0.3, 0.4) is 0 Å². The van der Waals surface area contributed by atoms with Crippen molar-refractivity contribution in [3.63, 3.8) is 0 Å². The van der Waals surface area contributed by atoms with Crippen molar-refractivity contribution in [2.24, 2.45) is 0 Å². The molecule has 2 fully saturated rings. The van der Waals surface area contributed by atoms with Crippen LogP contribution in [0.2, 0.25) is 0 Å². The van der Waals surface area contributed by atoms with Crippen LogP contribution in [0.15, 0.2) is 0 Å². The summed E-state index contributed by atoms with van der Waals surface area (Å²) in [6, 6.07) is 2.67. The molecular weight excluding hydrogens is 226 g/mol. The Balaban J connectivity index is 1.87. The van der Waals surface area contributed by atoms with Gasteiger partial charge in [-0.15, -0.1) is 0 Å². The summed E-state index contributed by atoms with van der Waals surface area (Å²) in [6.45, 7) is 2.65. The summed E-state index contributed by atoms with van der Waals surface area (Å²) in [5.41, 5.74) is 0. The lowest BCUT2D eigenvalue weighted by Crippen LogP contribution is -2.45. The molecule has 0 N–H and O–H groups in total. The van der Waals surface area contributed by atoms with Gasteiger partial charge in [-0.2, -0.15) is 5.26 Å². The van der Waals surface area contributed by atoms with Crippen LogP contribution in [0.5, 0.6) is 0 Å². The average Bonchev–Trinajstić information content (AvgIpc) is 2.93. The lowest BCUT2D eigenvalue weighted by atomic mass is 10.1. The minimum Gasteiger partial charge on any atom is -0.342 e. The molecule has 1 saturated carbocycles. The van der Waals surface area contributed by atoms with Crippen LogP contribution in [0.25, 0.3) is 0 Å². The van der Waals surface area contributed by atoms with Crippen molar-refractivity contribution in [1.82, 2.24) is 9.80 Å². The van der Waals surface area contributed by atoms with E-state index in [-0.39, 0.29) is 5.91 Å². The highest BCUT2D eigenvalue weighted by Crippen LogP contribution is 2.23. The summed E-state index contributed by atoms with van der Waals surface area (Å²) in [5, 5.41) is 8.90. The van der Waals surface area contributed by atoms with Crippen LogP contribution in [0, 0.1) is 11.3 Å². The molecule has 0 spiro atoms. The predicted molar refractivity (Wildman–Crippen MR) is 69.9 cm³/mol. The molecule has 1 amide bonds. The summed E-state index contributed by atoms with van der Waals surface area (Å²) in [7, 11) is 0. The van der Waals surface area contributed by atoms with Crippen LogP contribution < -0.4 is 0 Å². The van der Waals surface area contributed by atoms with Crippen molar-refractivity contribution in [2.75, 3.05) is 26.2 Å². The highest BCUT2D eigenvalue weighted by Gasteiger charge is 2.26. The third-order valence-corrected chi connectivity index (χ3v) is 4.16. The molecule has 1 aliphatic carbocycles. The van der Waals surface area contributed by atoms with Gasteiger partial charge in [-0.25, -0.2) is 0 Å². The molecule has 1 aliphatic heterocycles. The third-order valence-electron chi connectivity index (χ3n) is 4.16. The maximum absolute atomic E-state index is 12.2. The van der Waals surface area contributed by atoms with Gasteiger partial charge in [0.15, 0.2) is 0 Å². The Kier molecular flexibility index (Phi) is 5.00. The lowest BCUT2D eigenvalue weighted by Gasteiger charge is -2.31. The molecule has 2 aliphatic rings. The number of hydrogen-bond acceptors (Lipinski definition) is 3. The Bertz CT molecular complexity index is 311. The first-order chi connectivity index (χ1) is 8.81. The fourth-order valence-corrected chi connectivity index (χ4v) is 3.09. The van der Waals surface area contributed by atoms with E-state index < -0.39 is 0 Å². The quantitative estimate of drug-likeness (QED) is 0.713. The number of carbonyl (C=O) groups is 1. The molecule has 1 heterocycles. The van der Waals surface area contributed by atoms with Gasteiger partial charge in [0.25, 0.3) is 0 Å². The Morgan fingerprint density at radius 2 is 1.83 bits per heavy atom. The first kappa shape index (κ1) is 13.4. The predicted octanol–water partition coefficient (Wildman–Crippen LogP) is 1.77. The zero-order valence-corrected chi connectivity index (χ0v) is 11.1. The zero-order chi connectivity index (χ0) is 12.8. The van der Waals surface area contributed by atoms with Crippen molar-refractivity contribution in [2.45, 2.75) is 51.0 Å². The normalized spacial score (nSPS) is 21.2. The largest absolute Gasteiger partial charge is 0.342 e. The van der Waals surface area contributed by atoms with Crippen molar-refractivity contribution < 1.29 is 4.79 Å². The molecule has 0 aromatic heterocycles. The lowest BCUT2D eigenvalue weighted by molar-refractivity contribution is -0.133. The molecule has 0 unspecified atom stereocenters. The maximum atomic E-state index is 12.2. The molecule has 4 nitrogen and oxygen atoms in total. The first-order valence-electron chi connectivity index (χ1n) is 7.20. The highest BCUT2D eigenvalue weighted by molar-refractivity contribution is 5.78. The number of piperidine rings is 1. The van der Waals surface area contributed by atoms with Crippen molar-refractivity contribution in [3.8, 4) is 6.07 Å². The molecule has 0 radical (unpaired) electrons. The van der Waals surface area contributed by atoms with Gasteiger partial charge in [-0.05, 0) is 32.1 Å². The Labute approximate surface area is 110 Å². The topological polar surface area (TPSA) is 47.3 Å².